The Morgan fingerprint density at radius 3 is 2.71 bits per heavy atom. The van der Waals surface area contributed by atoms with Crippen molar-refractivity contribution in [1.29, 1.82) is 0 Å². The number of nitrogens with zero attached hydrogens (tertiary/aromatic N) is 3. The zero-order valence-corrected chi connectivity index (χ0v) is 15.3. The molecule has 6 nitrogen and oxygen atoms in total. The van der Waals surface area contributed by atoms with E-state index in [9.17, 15) is 0 Å². The fourth-order valence-corrected chi connectivity index (χ4v) is 2.24. The second-order valence-corrected chi connectivity index (χ2v) is 6.93. The van der Waals surface area contributed by atoms with Gasteiger partial charge in [-0.25, -0.2) is 0 Å². The van der Waals surface area contributed by atoms with Crippen LogP contribution in [-0.4, -0.2) is 29.7 Å². The van der Waals surface area contributed by atoms with Gasteiger partial charge in [-0.15, -0.1) is 0 Å². The standard InChI is InChI=1S/C17H24ClN5O/c1-17(2,3)15-22-14(23-24-15)11-21-16(19-4)20-9-8-12-6-5-7-13(18)10-12/h5-7,10H,8-9,11H2,1-4H3,(H2,19,20,21). The second kappa shape index (κ2) is 8.15. The number of nitrogens with one attached hydrogen (secondary N) is 2. The molecule has 0 aliphatic rings. The van der Waals surface area contributed by atoms with E-state index < -0.39 is 0 Å². The number of halogens is 1. The van der Waals surface area contributed by atoms with Crippen LogP contribution in [0.15, 0.2) is 33.8 Å². The molecule has 7 heteroatoms. The van der Waals surface area contributed by atoms with Crippen LogP contribution in [-0.2, 0) is 18.4 Å². The van der Waals surface area contributed by atoms with Crippen molar-refractivity contribution in [2.45, 2.75) is 39.2 Å². The molecule has 1 heterocycles. The topological polar surface area (TPSA) is 75.3 Å². The van der Waals surface area contributed by atoms with E-state index in [4.69, 9.17) is 16.1 Å². The van der Waals surface area contributed by atoms with Crippen LogP contribution in [0.1, 0.15) is 38.0 Å². The Kier molecular flexibility index (Phi) is 6.20. The van der Waals surface area contributed by atoms with Crippen molar-refractivity contribution in [3.63, 3.8) is 0 Å². The molecule has 2 N–H and O–H groups in total. The van der Waals surface area contributed by atoms with Crippen LogP contribution in [0, 0.1) is 0 Å². The van der Waals surface area contributed by atoms with Gasteiger partial charge in [-0.3, -0.25) is 4.99 Å². The van der Waals surface area contributed by atoms with Gasteiger partial charge in [0, 0.05) is 24.0 Å². The summed E-state index contributed by atoms with van der Waals surface area (Å²) in [6.07, 6.45) is 0.859. The Bertz CT molecular complexity index is 690. The van der Waals surface area contributed by atoms with Crippen molar-refractivity contribution in [1.82, 2.24) is 20.8 Å². The van der Waals surface area contributed by atoms with Crippen LogP contribution < -0.4 is 10.6 Å². The summed E-state index contributed by atoms with van der Waals surface area (Å²) in [5.41, 5.74) is 1.03. The minimum absolute atomic E-state index is 0.151. The van der Waals surface area contributed by atoms with Crippen LogP contribution in [0.25, 0.3) is 0 Å². The molecule has 1 aromatic carbocycles. The highest BCUT2D eigenvalue weighted by atomic mass is 35.5. The van der Waals surface area contributed by atoms with Crippen LogP contribution in [0.2, 0.25) is 5.02 Å². The van der Waals surface area contributed by atoms with E-state index in [1.807, 2.05) is 39.0 Å². The van der Waals surface area contributed by atoms with Crippen molar-refractivity contribution in [3.8, 4) is 0 Å². The van der Waals surface area contributed by atoms with Crippen molar-refractivity contribution in [2.75, 3.05) is 13.6 Å². The monoisotopic (exact) mass is 349 g/mol. The third-order valence-electron chi connectivity index (χ3n) is 3.34. The molecule has 0 spiro atoms. The lowest BCUT2D eigenvalue weighted by atomic mass is 9.97. The van der Waals surface area contributed by atoms with Crippen LogP contribution in [0.3, 0.4) is 0 Å². The van der Waals surface area contributed by atoms with E-state index in [0.717, 1.165) is 18.0 Å². The Morgan fingerprint density at radius 1 is 1.29 bits per heavy atom. The maximum atomic E-state index is 5.99. The molecule has 1 aromatic heterocycles. The third-order valence-corrected chi connectivity index (χ3v) is 3.58. The molecule has 0 aliphatic heterocycles. The summed E-state index contributed by atoms with van der Waals surface area (Å²) in [6, 6.07) is 7.84. The molecular weight excluding hydrogens is 326 g/mol. The molecule has 0 bridgehead atoms. The first-order valence-electron chi connectivity index (χ1n) is 7.90. The SMILES string of the molecule is CN=C(NCCc1cccc(Cl)c1)NCc1noc(C(C)(C)C)n1. The number of aliphatic imine (C=N–C) groups is 1. The normalized spacial score (nSPS) is 12.3. The molecule has 0 saturated heterocycles. The second-order valence-electron chi connectivity index (χ2n) is 6.50. The molecule has 0 aliphatic carbocycles. The van der Waals surface area contributed by atoms with Gasteiger partial charge in [0.1, 0.15) is 0 Å². The summed E-state index contributed by atoms with van der Waals surface area (Å²) in [5, 5.41) is 11.2. The highest BCUT2D eigenvalue weighted by molar-refractivity contribution is 6.30. The Balaban J connectivity index is 1.79. The van der Waals surface area contributed by atoms with Crippen LogP contribution >= 0.6 is 11.6 Å². The van der Waals surface area contributed by atoms with Gasteiger partial charge in [0.05, 0.1) is 6.54 Å². The molecule has 0 unspecified atom stereocenters. The summed E-state index contributed by atoms with van der Waals surface area (Å²) >= 11 is 5.99. The Morgan fingerprint density at radius 2 is 2.08 bits per heavy atom. The van der Waals surface area contributed by atoms with Crippen molar-refractivity contribution >= 4 is 17.6 Å². The summed E-state index contributed by atoms with van der Waals surface area (Å²) in [5.74, 6) is 1.93. The third kappa shape index (κ3) is 5.53. The largest absolute Gasteiger partial charge is 0.356 e. The van der Waals surface area contributed by atoms with Gasteiger partial charge in [-0.1, -0.05) is 49.7 Å². The first-order valence-corrected chi connectivity index (χ1v) is 8.28. The average molecular weight is 350 g/mol. The van der Waals surface area contributed by atoms with Gasteiger partial charge in [-0.05, 0) is 24.1 Å². The van der Waals surface area contributed by atoms with E-state index in [1.165, 1.54) is 5.56 Å². The molecule has 0 amide bonds. The summed E-state index contributed by atoms with van der Waals surface area (Å²) in [6.45, 7) is 7.31. The molecule has 0 saturated carbocycles. The van der Waals surface area contributed by atoms with Crippen molar-refractivity contribution in [2.24, 2.45) is 4.99 Å². The first-order chi connectivity index (χ1) is 11.4. The number of benzene rings is 1. The van der Waals surface area contributed by atoms with Crippen molar-refractivity contribution in [3.05, 3.63) is 46.6 Å². The van der Waals surface area contributed by atoms with Gasteiger partial charge < -0.3 is 15.2 Å². The molecule has 0 radical (unpaired) electrons. The van der Waals surface area contributed by atoms with Gasteiger partial charge in [-0.2, -0.15) is 4.98 Å². The highest BCUT2D eigenvalue weighted by Crippen LogP contribution is 2.19. The number of rotatable bonds is 5. The van der Waals surface area contributed by atoms with E-state index in [2.05, 4.69) is 31.8 Å². The Hall–Kier alpha value is -2.08. The fourth-order valence-electron chi connectivity index (χ4n) is 2.03. The minimum atomic E-state index is -0.151. The van der Waals surface area contributed by atoms with E-state index in [0.29, 0.717) is 24.2 Å². The number of hydrogen-bond acceptors (Lipinski definition) is 4. The zero-order valence-electron chi connectivity index (χ0n) is 14.6. The molecular formula is C17H24ClN5O. The smallest absolute Gasteiger partial charge is 0.232 e. The van der Waals surface area contributed by atoms with E-state index >= 15 is 0 Å². The summed E-state index contributed by atoms with van der Waals surface area (Å²) < 4.78 is 5.27. The molecule has 0 atom stereocenters. The lowest BCUT2D eigenvalue weighted by Crippen LogP contribution is -2.38. The quantitative estimate of drug-likeness (QED) is 0.641. The summed E-state index contributed by atoms with van der Waals surface area (Å²) in [4.78, 5) is 8.58. The lowest BCUT2D eigenvalue weighted by molar-refractivity contribution is 0.318. The lowest BCUT2D eigenvalue weighted by Gasteiger charge is -2.11. The number of hydrogen-bond donors (Lipinski definition) is 2. The average Bonchev–Trinajstić information content (AvgIpc) is 3.00. The van der Waals surface area contributed by atoms with Crippen molar-refractivity contribution < 1.29 is 4.52 Å². The zero-order chi connectivity index (χ0) is 17.6. The van der Waals surface area contributed by atoms with Gasteiger partial charge in [0.2, 0.25) is 5.89 Å². The number of aromatic nitrogens is 2. The predicted molar refractivity (Wildman–Crippen MR) is 96.4 cm³/mol. The molecule has 24 heavy (non-hydrogen) atoms. The van der Waals surface area contributed by atoms with Crippen LogP contribution in [0.4, 0.5) is 0 Å². The van der Waals surface area contributed by atoms with Gasteiger partial charge in [0.15, 0.2) is 11.8 Å². The molecule has 0 fully saturated rings. The fraction of sp³-hybridized carbons (Fsp3) is 0.471. The van der Waals surface area contributed by atoms with Gasteiger partial charge >= 0.3 is 0 Å². The summed E-state index contributed by atoms with van der Waals surface area (Å²) in [7, 11) is 1.73. The van der Waals surface area contributed by atoms with E-state index in [1.54, 1.807) is 7.05 Å². The predicted octanol–water partition coefficient (Wildman–Crippen LogP) is 2.93. The maximum absolute atomic E-state index is 5.99. The molecule has 2 rings (SSSR count). The Labute approximate surface area is 147 Å². The molecule has 130 valence electrons. The van der Waals surface area contributed by atoms with E-state index in [-0.39, 0.29) is 5.41 Å². The highest BCUT2D eigenvalue weighted by Gasteiger charge is 2.21. The first kappa shape index (κ1) is 18.3. The maximum Gasteiger partial charge on any atom is 0.232 e. The van der Waals surface area contributed by atoms with Crippen LogP contribution in [0.5, 0.6) is 0 Å². The molecule has 2 aromatic rings. The van der Waals surface area contributed by atoms with Gasteiger partial charge in [0.25, 0.3) is 0 Å². The minimum Gasteiger partial charge on any atom is -0.356 e. The number of guanidine groups is 1.